The number of nitro benzene ring substituents is 1. The molecule has 10 heteroatoms. The summed E-state index contributed by atoms with van der Waals surface area (Å²) in [5.41, 5.74) is 0.548. The van der Waals surface area contributed by atoms with E-state index >= 15 is 0 Å². The van der Waals surface area contributed by atoms with Gasteiger partial charge in [-0.25, -0.2) is 9.69 Å². The number of hydrogen-bond acceptors (Lipinski definition) is 6. The highest BCUT2D eigenvalue weighted by molar-refractivity contribution is 6.45. The Hall–Kier alpha value is -3.30. The van der Waals surface area contributed by atoms with E-state index in [1.165, 1.54) is 18.2 Å². The number of anilines is 1. The first-order valence-corrected chi connectivity index (χ1v) is 7.84. The molecule has 1 saturated heterocycles. The largest absolute Gasteiger partial charge is 0.334 e. The molecule has 138 valence electrons. The zero-order valence-electron chi connectivity index (χ0n) is 14.5. The van der Waals surface area contributed by atoms with Crippen molar-refractivity contribution >= 4 is 35.1 Å². The number of urea groups is 1. The third-order valence-electron chi connectivity index (χ3n) is 3.69. The first-order valence-electron chi connectivity index (χ1n) is 7.84. The zero-order valence-corrected chi connectivity index (χ0v) is 14.5. The van der Waals surface area contributed by atoms with Gasteiger partial charge in [-0.1, -0.05) is 19.9 Å². The highest BCUT2D eigenvalue weighted by atomic mass is 16.6. The monoisotopic (exact) mass is 362 g/mol. The average Bonchev–Trinajstić information content (AvgIpc) is 2.74. The van der Waals surface area contributed by atoms with E-state index in [1.54, 1.807) is 20.8 Å². The van der Waals surface area contributed by atoms with Crippen LogP contribution in [0.5, 0.6) is 0 Å². The van der Waals surface area contributed by atoms with E-state index in [0.29, 0.717) is 10.5 Å². The van der Waals surface area contributed by atoms with Gasteiger partial charge in [0.1, 0.15) is 6.54 Å². The van der Waals surface area contributed by atoms with E-state index in [1.807, 2.05) is 0 Å². The maximum Gasteiger partial charge on any atom is 0.334 e. The van der Waals surface area contributed by atoms with Gasteiger partial charge in [-0.05, 0) is 18.4 Å². The third kappa shape index (κ3) is 3.85. The standard InChI is InChI=1S/C16H18N4O6/c1-9(2)7-18-14(22)15(23)19(16(18)24)8-13(21)17-12-6-11(20(25)26)5-4-10(12)3/h4-6,9H,7-8H2,1-3H3,(H,17,21). The van der Waals surface area contributed by atoms with Crippen molar-refractivity contribution in [2.75, 3.05) is 18.4 Å². The van der Waals surface area contributed by atoms with Gasteiger partial charge in [-0.3, -0.25) is 29.4 Å². The lowest BCUT2D eigenvalue weighted by molar-refractivity contribution is -0.384. The van der Waals surface area contributed by atoms with Crippen molar-refractivity contribution in [3.63, 3.8) is 0 Å². The molecule has 26 heavy (non-hydrogen) atoms. The highest BCUT2D eigenvalue weighted by Crippen LogP contribution is 2.22. The Balaban J connectivity index is 2.12. The van der Waals surface area contributed by atoms with Crippen LogP contribution in [0.1, 0.15) is 19.4 Å². The summed E-state index contributed by atoms with van der Waals surface area (Å²) >= 11 is 0. The second-order valence-corrected chi connectivity index (χ2v) is 6.29. The Morgan fingerprint density at radius 1 is 1.19 bits per heavy atom. The summed E-state index contributed by atoms with van der Waals surface area (Å²) in [5, 5.41) is 13.3. The van der Waals surface area contributed by atoms with E-state index in [4.69, 9.17) is 0 Å². The zero-order chi connectivity index (χ0) is 19.6. The van der Waals surface area contributed by atoms with Gasteiger partial charge in [-0.2, -0.15) is 0 Å². The lowest BCUT2D eigenvalue weighted by Gasteiger charge is -2.17. The summed E-state index contributed by atoms with van der Waals surface area (Å²) in [5.74, 6) is -2.81. The number of benzene rings is 1. The number of amides is 5. The number of hydrogen-bond donors (Lipinski definition) is 1. The van der Waals surface area contributed by atoms with Gasteiger partial charge in [-0.15, -0.1) is 0 Å². The van der Waals surface area contributed by atoms with Crippen molar-refractivity contribution in [3.05, 3.63) is 33.9 Å². The van der Waals surface area contributed by atoms with E-state index in [0.717, 1.165) is 4.90 Å². The molecule has 1 heterocycles. The Labute approximate surface area is 148 Å². The fourth-order valence-electron chi connectivity index (χ4n) is 2.41. The van der Waals surface area contributed by atoms with Crippen LogP contribution in [0, 0.1) is 23.0 Å². The number of imide groups is 2. The van der Waals surface area contributed by atoms with Gasteiger partial charge >= 0.3 is 17.8 Å². The molecule has 0 aromatic heterocycles. The van der Waals surface area contributed by atoms with Crippen LogP contribution < -0.4 is 5.32 Å². The first-order chi connectivity index (χ1) is 12.1. The minimum absolute atomic E-state index is 0.0306. The number of carbonyl (C=O) groups excluding carboxylic acids is 4. The summed E-state index contributed by atoms with van der Waals surface area (Å²) in [7, 11) is 0. The molecule has 1 N–H and O–H groups in total. The molecule has 0 bridgehead atoms. The van der Waals surface area contributed by atoms with E-state index in [9.17, 15) is 29.3 Å². The lowest BCUT2D eigenvalue weighted by atomic mass is 10.2. The maximum atomic E-state index is 12.2. The van der Waals surface area contributed by atoms with Crippen LogP contribution in [-0.4, -0.2) is 51.6 Å². The molecule has 5 amide bonds. The van der Waals surface area contributed by atoms with E-state index < -0.39 is 35.2 Å². The molecule has 1 aromatic carbocycles. The molecule has 1 aliphatic heterocycles. The van der Waals surface area contributed by atoms with Gasteiger partial charge in [0.25, 0.3) is 5.69 Å². The maximum absolute atomic E-state index is 12.2. The molecule has 0 saturated carbocycles. The quantitative estimate of drug-likeness (QED) is 0.351. The Bertz CT molecular complexity index is 804. The van der Waals surface area contributed by atoms with Crippen LogP contribution in [0.25, 0.3) is 0 Å². The van der Waals surface area contributed by atoms with Crippen LogP contribution in [0.3, 0.4) is 0 Å². The fraction of sp³-hybridized carbons (Fsp3) is 0.375. The van der Waals surface area contributed by atoms with Gasteiger partial charge < -0.3 is 5.32 Å². The molecule has 2 rings (SSSR count). The van der Waals surface area contributed by atoms with Crippen molar-refractivity contribution < 1.29 is 24.1 Å². The second kappa shape index (κ2) is 7.30. The van der Waals surface area contributed by atoms with E-state index in [2.05, 4.69) is 5.32 Å². The summed E-state index contributed by atoms with van der Waals surface area (Å²) in [4.78, 5) is 59.8. The van der Waals surface area contributed by atoms with Crippen LogP contribution in [0.2, 0.25) is 0 Å². The van der Waals surface area contributed by atoms with Gasteiger partial charge in [0, 0.05) is 18.7 Å². The molecule has 10 nitrogen and oxygen atoms in total. The summed E-state index contributed by atoms with van der Waals surface area (Å²) in [6.45, 7) is 4.63. The number of nitro groups is 1. The van der Waals surface area contributed by atoms with Gasteiger partial charge in [0.15, 0.2) is 0 Å². The fourth-order valence-corrected chi connectivity index (χ4v) is 2.41. The lowest BCUT2D eigenvalue weighted by Crippen LogP contribution is -2.39. The van der Waals surface area contributed by atoms with Crippen molar-refractivity contribution in [2.45, 2.75) is 20.8 Å². The van der Waals surface area contributed by atoms with Crippen LogP contribution in [0.15, 0.2) is 18.2 Å². The average molecular weight is 362 g/mol. The molecular formula is C16H18N4O6. The topological polar surface area (TPSA) is 130 Å². The van der Waals surface area contributed by atoms with Gasteiger partial charge in [0.2, 0.25) is 5.91 Å². The predicted octanol–water partition coefficient (Wildman–Crippen LogP) is 1.29. The van der Waals surface area contributed by atoms with Crippen molar-refractivity contribution in [3.8, 4) is 0 Å². The minimum atomic E-state index is -1.07. The Morgan fingerprint density at radius 3 is 2.38 bits per heavy atom. The summed E-state index contributed by atoms with van der Waals surface area (Å²) in [6, 6.07) is 3.09. The van der Waals surface area contributed by atoms with Crippen molar-refractivity contribution in [1.29, 1.82) is 0 Å². The SMILES string of the molecule is Cc1ccc([N+](=O)[O-])cc1NC(=O)CN1C(=O)C(=O)N(CC(C)C)C1=O. The highest BCUT2D eigenvalue weighted by Gasteiger charge is 2.45. The number of aryl methyl sites for hydroxylation is 1. The minimum Gasteiger partial charge on any atom is -0.324 e. The number of nitrogens with zero attached hydrogens (tertiary/aromatic N) is 3. The second-order valence-electron chi connectivity index (χ2n) is 6.29. The predicted molar refractivity (Wildman–Crippen MR) is 90.1 cm³/mol. The molecule has 0 unspecified atom stereocenters. The molecule has 1 aliphatic rings. The molecule has 0 aliphatic carbocycles. The number of nitrogens with one attached hydrogen (secondary N) is 1. The van der Waals surface area contributed by atoms with Crippen LogP contribution in [0.4, 0.5) is 16.2 Å². The van der Waals surface area contributed by atoms with Gasteiger partial charge in [0.05, 0.1) is 10.6 Å². The van der Waals surface area contributed by atoms with Crippen molar-refractivity contribution in [2.24, 2.45) is 5.92 Å². The molecule has 0 radical (unpaired) electrons. The first kappa shape index (κ1) is 19.0. The number of non-ortho nitro benzene ring substituents is 1. The number of rotatable bonds is 6. The molecule has 0 spiro atoms. The smallest absolute Gasteiger partial charge is 0.324 e. The third-order valence-corrected chi connectivity index (χ3v) is 3.69. The Kier molecular flexibility index (Phi) is 5.34. The van der Waals surface area contributed by atoms with E-state index in [-0.39, 0.29) is 23.8 Å². The normalized spacial score (nSPS) is 14.4. The summed E-state index contributed by atoms with van der Waals surface area (Å²) < 4.78 is 0. The van der Waals surface area contributed by atoms with Crippen LogP contribution >= 0.6 is 0 Å². The number of carbonyl (C=O) groups is 4. The molecule has 1 aromatic rings. The van der Waals surface area contributed by atoms with Crippen LogP contribution in [-0.2, 0) is 14.4 Å². The molecule has 1 fully saturated rings. The van der Waals surface area contributed by atoms with Crippen molar-refractivity contribution in [1.82, 2.24) is 9.80 Å². The molecular weight excluding hydrogens is 344 g/mol. The molecule has 0 atom stereocenters. The summed E-state index contributed by atoms with van der Waals surface area (Å²) in [6.07, 6.45) is 0. The Morgan fingerprint density at radius 2 is 1.81 bits per heavy atom.